The smallest absolute Gasteiger partial charge is 0.245 e. The van der Waals surface area contributed by atoms with E-state index in [1.165, 1.54) is 0 Å². The summed E-state index contributed by atoms with van der Waals surface area (Å²) >= 11 is 5.52. The molecule has 2 N–H and O–H groups in total. The van der Waals surface area contributed by atoms with Crippen LogP contribution in [0.25, 0.3) is 11.4 Å². The van der Waals surface area contributed by atoms with E-state index >= 15 is 0 Å². The summed E-state index contributed by atoms with van der Waals surface area (Å²) in [6.45, 7) is 3.23. The molecular formula is C12H12ClF2N5. The zero-order valence-corrected chi connectivity index (χ0v) is 11.2. The number of aromatic nitrogens is 3. The Balaban J connectivity index is 1.91. The largest absolute Gasteiger partial charge is 0.337 e. The molecule has 0 atom stereocenters. The summed E-state index contributed by atoms with van der Waals surface area (Å²) in [5, 5.41) is 9.64. The van der Waals surface area contributed by atoms with Gasteiger partial charge in [-0.25, -0.2) is 8.78 Å². The molecule has 3 rings (SSSR count). The Hall–Kier alpha value is -1.73. The Kier molecular flexibility index (Phi) is 3.54. The number of halogens is 3. The van der Waals surface area contributed by atoms with Gasteiger partial charge in [-0.3, -0.25) is 5.10 Å². The lowest BCUT2D eigenvalue weighted by molar-refractivity contribution is 0.580. The molecule has 1 aromatic heterocycles. The summed E-state index contributed by atoms with van der Waals surface area (Å²) in [6, 6.07) is 1.94. The zero-order chi connectivity index (χ0) is 14.1. The van der Waals surface area contributed by atoms with Crippen molar-refractivity contribution in [2.24, 2.45) is 0 Å². The van der Waals surface area contributed by atoms with E-state index in [-0.39, 0.29) is 16.4 Å². The average molecular weight is 300 g/mol. The standard InChI is InChI=1S/C12H12ClF2N5/c13-8-6-9(14)7(5-10(8)15)11-17-12(19-18-11)20-3-1-16-2-4-20/h5-6,16H,1-4H2,(H,17,18,19). The normalized spacial score (nSPS) is 15.7. The van der Waals surface area contributed by atoms with Crippen LogP contribution in [0.3, 0.4) is 0 Å². The second-order valence-electron chi connectivity index (χ2n) is 4.47. The van der Waals surface area contributed by atoms with Crippen molar-refractivity contribution in [2.45, 2.75) is 0 Å². The maximum absolute atomic E-state index is 13.8. The summed E-state index contributed by atoms with van der Waals surface area (Å²) in [7, 11) is 0. The van der Waals surface area contributed by atoms with Crippen molar-refractivity contribution < 1.29 is 8.78 Å². The molecule has 0 radical (unpaired) electrons. The molecule has 0 aliphatic carbocycles. The SMILES string of the molecule is Fc1cc(-c2nc(N3CCNCC3)n[nH]2)c(F)cc1Cl. The first-order valence-corrected chi connectivity index (χ1v) is 6.56. The molecule has 1 saturated heterocycles. The number of rotatable bonds is 2. The van der Waals surface area contributed by atoms with Crippen LogP contribution in [0.5, 0.6) is 0 Å². The van der Waals surface area contributed by atoms with E-state index in [0.29, 0.717) is 5.95 Å². The number of hydrogen-bond acceptors (Lipinski definition) is 4. The number of piperazine rings is 1. The minimum Gasteiger partial charge on any atom is -0.337 e. The summed E-state index contributed by atoms with van der Waals surface area (Å²) in [6.07, 6.45) is 0. The van der Waals surface area contributed by atoms with Gasteiger partial charge in [-0.1, -0.05) is 11.6 Å². The van der Waals surface area contributed by atoms with E-state index in [0.717, 1.165) is 38.3 Å². The van der Waals surface area contributed by atoms with Crippen molar-refractivity contribution in [1.29, 1.82) is 0 Å². The Bertz CT molecular complexity index is 624. The van der Waals surface area contributed by atoms with Gasteiger partial charge in [-0.15, -0.1) is 5.10 Å². The van der Waals surface area contributed by atoms with Gasteiger partial charge in [0.1, 0.15) is 11.6 Å². The molecule has 2 heterocycles. The number of nitrogens with zero attached hydrogens (tertiary/aromatic N) is 3. The molecule has 1 fully saturated rings. The van der Waals surface area contributed by atoms with Crippen LogP contribution in [0.2, 0.25) is 5.02 Å². The van der Waals surface area contributed by atoms with E-state index in [1.54, 1.807) is 0 Å². The number of hydrogen-bond donors (Lipinski definition) is 2. The molecule has 1 aromatic carbocycles. The van der Waals surface area contributed by atoms with Gasteiger partial charge in [0, 0.05) is 26.2 Å². The molecule has 106 valence electrons. The first-order valence-electron chi connectivity index (χ1n) is 6.18. The van der Waals surface area contributed by atoms with Crippen LogP contribution in [0.4, 0.5) is 14.7 Å². The molecule has 1 aliphatic heterocycles. The molecule has 0 saturated carbocycles. The fourth-order valence-corrected chi connectivity index (χ4v) is 2.23. The van der Waals surface area contributed by atoms with Crippen LogP contribution in [0.15, 0.2) is 12.1 Å². The molecule has 5 nitrogen and oxygen atoms in total. The molecule has 2 aromatic rings. The van der Waals surface area contributed by atoms with Crippen LogP contribution in [-0.4, -0.2) is 41.4 Å². The number of anilines is 1. The molecule has 0 bridgehead atoms. The maximum Gasteiger partial charge on any atom is 0.245 e. The van der Waals surface area contributed by atoms with Crippen molar-refractivity contribution in [3.63, 3.8) is 0 Å². The van der Waals surface area contributed by atoms with Gasteiger partial charge >= 0.3 is 0 Å². The fourth-order valence-electron chi connectivity index (χ4n) is 2.08. The van der Waals surface area contributed by atoms with Gasteiger partial charge in [0.05, 0.1) is 10.6 Å². The van der Waals surface area contributed by atoms with Crippen LogP contribution in [0.1, 0.15) is 0 Å². The van der Waals surface area contributed by atoms with E-state index in [9.17, 15) is 8.78 Å². The van der Waals surface area contributed by atoms with Gasteiger partial charge < -0.3 is 10.2 Å². The Morgan fingerprint density at radius 1 is 1.15 bits per heavy atom. The van der Waals surface area contributed by atoms with Gasteiger partial charge in [0.2, 0.25) is 5.95 Å². The lowest BCUT2D eigenvalue weighted by Gasteiger charge is -2.25. The Morgan fingerprint density at radius 3 is 2.65 bits per heavy atom. The maximum atomic E-state index is 13.8. The second-order valence-corrected chi connectivity index (χ2v) is 4.87. The number of aromatic amines is 1. The quantitative estimate of drug-likeness (QED) is 0.831. The van der Waals surface area contributed by atoms with E-state index in [1.807, 2.05) is 4.90 Å². The van der Waals surface area contributed by atoms with Crippen LogP contribution >= 0.6 is 11.6 Å². The minimum atomic E-state index is -0.691. The highest BCUT2D eigenvalue weighted by Crippen LogP contribution is 2.26. The third-order valence-electron chi connectivity index (χ3n) is 3.14. The number of H-pyrrole nitrogens is 1. The monoisotopic (exact) mass is 299 g/mol. The van der Waals surface area contributed by atoms with Crippen molar-refractivity contribution >= 4 is 17.5 Å². The summed E-state index contributed by atoms with van der Waals surface area (Å²) in [4.78, 5) is 6.19. The van der Waals surface area contributed by atoms with Crippen LogP contribution in [0, 0.1) is 11.6 Å². The van der Waals surface area contributed by atoms with Gasteiger partial charge in [-0.2, -0.15) is 4.98 Å². The van der Waals surface area contributed by atoms with Crippen molar-refractivity contribution in [3.05, 3.63) is 28.8 Å². The summed E-state index contributed by atoms with van der Waals surface area (Å²) in [5.74, 6) is -0.662. The third kappa shape index (κ3) is 2.46. The summed E-state index contributed by atoms with van der Waals surface area (Å²) < 4.78 is 27.2. The average Bonchev–Trinajstić information content (AvgIpc) is 2.93. The predicted molar refractivity (Wildman–Crippen MR) is 71.8 cm³/mol. The molecule has 8 heteroatoms. The van der Waals surface area contributed by atoms with Crippen LogP contribution in [-0.2, 0) is 0 Å². The highest BCUT2D eigenvalue weighted by Gasteiger charge is 2.18. The van der Waals surface area contributed by atoms with Gasteiger partial charge in [-0.05, 0) is 12.1 Å². The predicted octanol–water partition coefficient (Wildman–Crippen LogP) is 1.81. The summed E-state index contributed by atoms with van der Waals surface area (Å²) in [5.41, 5.74) is 0.0146. The van der Waals surface area contributed by atoms with Crippen molar-refractivity contribution in [2.75, 3.05) is 31.1 Å². The first kappa shape index (κ1) is 13.3. The van der Waals surface area contributed by atoms with Gasteiger partial charge in [0.15, 0.2) is 5.82 Å². The molecule has 0 unspecified atom stereocenters. The Morgan fingerprint density at radius 2 is 1.90 bits per heavy atom. The number of nitrogens with one attached hydrogen (secondary N) is 2. The van der Waals surface area contributed by atoms with Crippen molar-refractivity contribution in [1.82, 2.24) is 20.5 Å². The van der Waals surface area contributed by atoms with Crippen LogP contribution < -0.4 is 10.2 Å². The highest BCUT2D eigenvalue weighted by molar-refractivity contribution is 6.30. The zero-order valence-electron chi connectivity index (χ0n) is 10.5. The minimum absolute atomic E-state index is 0.0146. The van der Waals surface area contributed by atoms with E-state index in [4.69, 9.17) is 11.6 Å². The second kappa shape index (κ2) is 5.34. The third-order valence-corrected chi connectivity index (χ3v) is 3.43. The van der Waals surface area contributed by atoms with E-state index < -0.39 is 11.6 Å². The van der Waals surface area contributed by atoms with E-state index in [2.05, 4.69) is 20.5 Å². The fraction of sp³-hybridized carbons (Fsp3) is 0.333. The molecule has 1 aliphatic rings. The topological polar surface area (TPSA) is 56.8 Å². The highest BCUT2D eigenvalue weighted by atomic mass is 35.5. The Labute approximate surface area is 119 Å². The molecule has 0 spiro atoms. The van der Waals surface area contributed by atoms with Gasteiger partial charge in [0.25, 0.3) is 0 Å². The lowest BCUT2D eigenvalue weighted by Crippen LogP contribution is -2.44. The van der Waals surface area contributed by atoms with Crippen molar-refractivity contribution in [3.8, 4) is 11.4 Å². The molecule has 20 heavy (non-hydrogen) atoms. The number of benzene rings is 1. The first-order chi connectivity index (χ1) is 9.65. The lowest BCUT2D eigenvalue weighted by atomic mass is 10.2. The molecular weight excluding hydrogens is 288 g/mol. The molecule has 0 amide bonds.